The van der Waals surface area contributed by atoms with Crippen LogP contribution < -0.4 is 0 Å². The molecule has 6 heteroatoms. The lowest BCUT2D eigenvalue weighted by atomic mass is 10.1. The summed E-state index contributed by atoms with van der Waals surface area (Å²) in [6, 6.07) is 9.41. The maximum atomic E-state index is 12.6. The Hall–Kier alpha value is -1.92. The van der Waals surface area contributed by atoms with Crippen LogP contribution in [-0.2, 0) is 20.9 Å². The van der Waals surface area contributed by atoms with E-state index in [0.29, 0.717) is 26.1 Å². The molecule has 1 N–H and O–H groups in total. The standard InChI is InChI=1S/C17H22N2O4/c20-16(19-8-4-7-14(19)17(21)22)15-12-18(9-10-23-15)11-13-5-2-1-3-6-13/h1-3,5-6,14-15H,4,7-12H2,(H,21,22). The van der Waals surface area contributed by atoms with Crippen molar-refractivity contribution in [2.24, 2.45) is 0 Å². The fourth-order valence-electron chi connectivity index (χ4n) is 3.31. The largest absolute Gasteiger partial charge is 0.480 e. The lowest BCUT2D eigenvalue weighted by Crippen LogP contribution is -2.53. The number of hydrogen-bond acceptors (Lipinski definition) is 4. The van der Waals surface area contributed by atoms with Gasteiger partial charge in [-0.15, -0.1) is 0 Å². The SMILES string of the molecule is O=C(O)C1CCCN1C(=O)C1CN(Cc2ccccc2)CCO1. The van der Waals surface area contributed by atoms with Crippen LogP contribution in [0.15, 0.2) is 30.3 Å². The van der Waals surface area contributed by atoms with Crippen molar-refractivity contribution < 1.29 is 19.4 Å². The predicted octanol–water partition coefficient (Wildman–Crippen LogP) is 0.963. The molecule has 1 aromatic rings. The van der Waals surface area contributed by atoms with Gasteiger partial charge in [0.25, 0.3) is 5.91 Å². The number of carbonyl (C=O) groups excluding carboxylic acids is 1. The van der Waals surface area contributed by atoms with Gasteiger partial charge in [-0.2, -0.15) is 0 Å². The molecule has 2 saturated heterocycles. The van der Waals surface area contributed by atoms with Gasteiger partial charge in [0.2, 0.25) is 0 Å². The van der Waals surface area contributed by atoms with E-state index in [4.69, 9.17) is 4.74 Å². The fourth-order valence-corrected chi connectivity index (χ4v) is 3.31. The Balaban J connectivity index is 1.61. The summed E-state index contributed by atoms with van der Waals surface area (Å²) < 4.78 is 5.62. The molecule has 3 rings (SSSR count). The second-order valence-corrected chi connectivity index (χ2v) is 6.11. The van der Waals surface area contributed by atoms with Gasteiger partial charge in [0, 0.05) is 26.2 Å². The van der Waals surface area contributed by atoms with E-state index in [0.717, 1.165) is 19.5 Å². The van der Waals surface area contributed by atoms with Crippen LogP contribution in [0, 0.1) is 0 Å². The van der Waals surface area contributed by atoms with Gasteiger partial charge < -0.3 is 14.7 Å². The van der Waals surface area contributed by atoms with Gasteiger partial charge in [0.1, 0.15) is 12.1 Å². The molecule has 2 aliphatic heterocycles. The number of nitrogens with zero attached hydrogens (tertiary/aromatic N) is 2. The lowest BCUT2D eigenvalue weighted by Gasteiger charge is -2.34. The highest BCUT2D eigenvalue weighted by molar-refractivity contribution is 5.87. The highest BCUT2D eigenvalue weighted by Gasteiger charge is 2.38. The summed E-state index contributed by atoms with van der Waals surface area (Å²) in [5.74, 6) is -1.11. The van der Waals surface area contributed by atoms with Crippen LogP contribution in [0.25, 0.3) is 0 Å². The molecule has 0 saturated carbocycles. The Kier molecular flexibility index (Phi) is 4.93. The highest BCUT2D eigenvalue weighted by Crippen LogP contribution is 2.21. The third-order valence-electron chi connectivity index (χ3n) is 4.50. The van der Waals surface area contributed by atoms with Crippen molar-refractivity contribution in [2.45, 2.75) is 31.5 Å². The van der Waals surface area contributed by atoms with Crippen LogP contribution in [0.1, 0.15) is 18.4 Å². The van der Waals surface area contributed by atoms with Gasteiger partial charge in [-0.25, -0.2) is 4.79 Å². The number of carboxylic acids is 1. The molecular weight excluding hydrogens is 296 g/mol. The molecule has 0 spiro atoms. The molecular formula is C17H22N2O4. The fraction of sp³-hybridized carbons (Fsp3) is 0.529. The highest BCUT2D eigenvalue weighted by atomic mass is 16.5. The van der Waals surface area contributed by atoms with E-state index in [9.17, 15) is 14.7 Å². The first-order valence-corrected chi connectivity index (χ1v) is 8.06. The Bertz CT molecular complexity index is 563. The van der Waals surface area contributed by atoms with E-state index in [1.807, 2.05) is 18.2 Å². The van der Waals surface area contributed by atoms with Crippen molar-refractivity contribution in [3.8, 4) is 0 Å². The summed E-state index contributed by atoms with van der Waals surface area (Å²) in [5, 5.41) is 9.23. The summed E-state index contributed by atoms with van der Waals surface area (Å²) in [4.78, 5) is 27.5. The number of benzene rings is 1. The average Bonchev–Trinajstić information content (AvgIpc) is 3.05. The minimum atomic E-state index is -0.923. The van der Waals surface area contributed by atoms with Crippen LogP contribution >= 0.6 is 0 Å². The smallest absolute Gasteiger partial charge is 0.326 e. The molecule has 2 atom stereocenters. The molecule has 0 aliphatic carbocycles. The van der Waals surface area contributed by atoms with Crippen molar-refractivity contribution in [1.29, 1.82) is 0 Å². The summed E-state index contributed by atoms with van der Waals surface area (Å²) in [6.07, 6.45) is 0.706. The van der Waals surface area contributed by atoms with E-state index in [2.05, 4.69) is 17.0 Å². The molecule has 1 aromatic carbocycles. The van der Waals surface area contributed by atoms with E-state index >= 15 is 0 Å². The number of hydrogen-bond donors (Lipinski definition) is 1. The minimum Gasteiger partial charge on any atom is -0.480 e. The monoisotopic (exact) mass is 318 g/mol. The van der Waals surface area contributed by atoms with E-state index in [1.165, 1.54) is 10.5 Å². The van der Waals surface area contributed by atoms with Crippen molar-refractivity contribution in [2.75, 3.05) is 26.2 Å². The molecule has 2 unspecified atom stereocenters. The zero-order valence-corrected chi connectivity index (χ0v) is 13.1. The molecule has 0 aromatic heterocycles. The third kappa shape index (κ3) is 3.71. The molecule has 6 nitrogen and oxygen atoms in total. The molecule has 1 amide bonds. The van der Waals surface area contributed by atoms with Crippen LogP contribution in [0.2, 0.25) is 0 Å². The first-order chi connectivity index (χ1) is 11.1. The quantitative estimate of drug-likeness (QED) is 0.895. The topological polar surface area (TPSA) is 70.1 Å². The van der Waals surface area contributed by atoms with Crippen molar-refractivity contribution in [3.63, 3.8) is 0 Å². The number of ether oxygens (including phenoxy) is 1. The van der Waals surface area contributed by atoms with Gasteiger partial charge in [0.15, 0.2) is 0 Å². The van der Waals surface area contributed by atoms with Gasteiger partial charge in [0.05, 0.1) is 6.61 Å². The van der Waals surface area contributed by atoms with Gasteiger partial charge in [-0.3, -0.25) is 9.69 Å². The molecule has 0 bridgehead atoms. The normalized spacial score (nSPS) is 25.5. The Morgan fingerprint density at radius 3 is 2.74 bits per heavy atom. The Morgan fingerprint density at radius 1 is 1.22 bits per heavy atom. The number of aliphatic carboxylic acids is 1. The van der Waals surface area contributed by atoms with Crippen LogP contribution in [0.4, 0.5) is 0 Å². The molecule has 124 valence electrons. The van der Waals surface area contributed by atoms with Gasteiger partial charge >= 0.3 is 5.97 Å². The summed E-state index contributed by atoms with van der Waals surface area (Å²) in [5.41, 5.74) is 1.20. The number of likely N-dealkylation sites (tertiary alicyclic amines) is 1. The van der Waals surface area contributed by atoms with Crippen LogP contribution in [0.3, 0.4) is 0 Å². The molecule has 2 fully saturated rings. The molecule has 23 heavy (non-hydrogen) atoms. The second kappa shape index (κ2) is 7.10. The summed E-state index contributed by atoms with van der Waals surface area (Å²) >= 11 is 0. The zero-order valence-electron chi connectivity index (χ0n) is 13.1. The van der Waals surface area contributed by atoms with Crippen LogP contribution in [-0.4, -0.2) is 65.2 Å². The maximum Gasteiger partial charge on any atom is 0.326 e. The number of morpholine rings is 1. The number of amides is 1. The zero-order chi connectivity index (χ0) is 16.2. The lowest BCUT2D eigenvalue weighted by molar-refractivity contribution is -0.157. The third-order valence-corrected chi connectivity index (χ3v) is 4.50. The van der Waals surface area contributed by atoms with E-state index < -0.39 is 18.1 Å². The van der Waals surface area contributed by atoms with Gasteiger partial charge in [-0.05, 0) is 18.4 Å². The molecule has 2 aliphatic rings. The molecule has 2 heterocycles. The minimum absolute atomic E-state index is 0.187. The summed E-state index contributed by atoms with van der Waals surface area (Å²) in [7, 11) is 0. The van der Waals surface area contributed by atoms with Crippen LogP contribution in [0.5, 0.6) is 0 Å². The Labute approximate surface area is 135 Å². The van der Waals surface area contributed by atoms with Gasteiger partial charge in [-0.1, -0.05) is 30.3 Å². The maximum absolute atomic E-state index is 12.6. The number of rotatable bonds is 4. The second-order valence-electron chi connectivity index (χ2n) is 6.11. The first-order valence-electron chi connectivity index (χ1n) is 8.06. The first kappa shape index (κ1) is 16.0. The number of carboxylic acid groups (broad SMARTS) is 1. The molecule has 0 radical (unpaired) electrons. The van der Waals surface area contributed by atoms with E-state index in [1.54, 1.807) is 0 Å². The Morgan fingerprint density at radius 2 is 2.00 bits per heavy atom. The van der Waals surface area contributed by atoms with Crippen molar-refractivity contribution in [3.05, 3.63) is 35.9 Å². The average molecular weight is 318 g/mol. The summed E-state index contributed by atoms with van der Waals surface area (Å²) in [6.45, 7) is 3.07. The predicted molar refractivity (Wildman–Crippen MR) is 83.8 cm³/mol. The number of carbonyl (C=O) groups is 2. The van der Waals surface area contributed by atoms with Crippen molar-refractivity contribution >= 4 is 11.9 Å². The van der Waals surface area contributed by atoms with E-state index in [-0.39, 0.29) is 5.91 Å². The van der Waals surface area contributed by atoms with Crippen molar-refractivity contribution in [1.82, 2.24) is 9.80 Å².